The van der Waals surface area contributed by atoms with Gasteiger partial charge in [0, 0.05) is 27.9 Å². The monoisotopic (exact) mass is 545 g/mol. The smallest absolute Gasteiger partial charge is 0.257 e. The fourth-order valence-corrected chi connectivity index (χ4v) is 5.06. The van der Waals surface area contributed by atoms with Crippen molar-refractivity contribution in [2.24, 2.45) is 0 Å². The standard InChI is InChI=1S/C20H24IN3O3S2/c1-3-12-24(13-4-2)29(26,27)18-10-8-17(9-11-18)22-20(28)23-19(25)15-6-5-7-16(21)14-15/h5-11,14H,3-4,12-13H2,1-2H3,(H2,22,23,25,28). The van der Waals surface area contributed by atoms with Gasteiger partial charge < -0.3 is 5.32 Å². The highest BCUT2D eigenvalue weighted by atomic mass is 127. The van der Waals surface area contributed by atoms with Crippen molar-refractivity contribution in [2.45, 2.75) is 31.6 Å². The van der Waals surface area contributed by atoms with Gasteiger partial charge in [-0.3, -0.25) is 10.1 Å². The van der Waals surface area contributed by atoms with E-state index in [1.165, 1.54) is 4.31 Å². The Bertz CT molecular complexity index is 957. The largest absolute Gasteiger partial charge is 0.332 e. The Labute approximate surface area is 191 Å². The number of nitrogens with zero attached hydrogens (tertiary/aromatic N) is 1. The van der Waals surface area contributed by atoms with Gasteiger partial charge in [-0.15, -0.1) is 0 Å². The predicted octanol–water partition coefficient (Wildman–Crippen LogP) is 4.23. The van der Waals surface area contributed by atoms with Gasteiger partial charge in [0.15, 0.2) is 5.11 Å². The van der Waals surface area contributed by atoms with Crippen molar-refractivity contribution in [1.82, 2.24) is 9.62 Å². The topological polar surface area (TPSA) is 78.5 Å². The van der Waals surface area contributed by atoms with Crippen LogP contribution in [-0.4, -0.2) is 36.8 Å². The summed E-state index contributed by atoms with van der Waals surface area (Å²) in [5.41, 5.74) is 1.10. The normalized spacial score (nSPS) is 11.3. The van der Waals surface area contributed by atoms with Crippen LogP contribution in [0.15, 0.2) is 53.4 Å². The zero-order chi connectivity index (χ0) is 21.4. The Hall–Kier alpha value is -1.56. The third-order valence-corrected chi connectivity index (χ3v) is 6.80. The van der Waals surface area contributed by atoms with Gasteiger partial charge in [0.25, 0.3) is 5.91 Å². The van der Waals surface area contributed by atoms with Crippen LogP contribution in [0.3, 0.4) is 0 Å². The minimum absolute atomic E-state index is 0.142. The molecule has 0 aliphatic rings. The zero-order valence-electron chi connectivity index (χ0n) is 16.3. The third-order valence-electron chi connectivity index (χ3n) is 4.01. The number of thiocarbonyl (C=S) groups is 1. The van der Waals surface area contributed by atoms with Gasteiger partial charge in [-0.2, -0.15) is 4.31 Å². The van der Waals surface area contributed by atoms with Gasteiger partial charge in [-0.25, -0.2) is 8.42 Å². The Morgan fingerprint density at radius 1 is 1.07 bits per heavy atom. The molecule has 0 atom stereocenters. The second kappa shape index (κ2) is 11.0. The van der Waals surface area contributed by atoms with Crippen molar-refractivity contribution in [3.8, 4) is 0 Å². The van der Waals surface area contributed by atoms with Crippen LogP contribution in [0.1, 0.15) is 37.0 Å². The molecule has 0 aromatic heterocycles. The minimum Gasteiger partial charge on any atom is -0.332 e. The lowest BCUT2D eigenvalue weighted by Gasteiger charge is -2.21. The molecule has 6 nitrogen and oxygen atoms in total. The van der Waals surface area contributed by atoms with Crippen LogP contribution in [-0.2, 0) is 10.0 Å². The number of hydrogen-bond acceptors (Lipinski definition) is 4. The van der Waals surface area contributed by atoms with Crippen molar-refractivity contribution in [3.05, 3.63) is 57.7 Å². The van der Waals surface area contributed by atoms with E-state index in [4.69, 9.17) is 12.2 Å². The molecule has 156 valence electrons. The first-order valence-electron chi connectivity index (χ1n) is 9.26. The average molecular weight is 545 g/mol. The summed E-state index contributed by atoms with van der Waals surface area (Å²) in [5, 5.41) is 5.67. The van der Waals surface area contributed by atoms with Crippen molar-refractivity contribution >= 4 is 61.5 Å². The van der Waals surface area contributed by atoms with Crippen LogP contribution < -0.4 is 10.6 Å². The lowest BCUT2D eigenvalue weighted by Crippen LogP contribution is -2.34. The summed E-state index contributed by atoms with van der Waals surface area (Å²) in [6.07, 6.45) is 1.51. The molecule has 0 saturated heterocycles. The zero-order valence-corrected chi connectivity index (χ0v) is 20.1. The van der Waals surface area contributed by atoms with Crippen molar-refractivity contribution < 1.29 is 13.2 Å². The molecule has 9 heteroatoms. The van der Waals surface area contributed by atoms with E-state index in [2.05, 4.69) is 33.2 Å². The lowest BCUT2D eigenvalue weighted by molar-refractivity contribution is 0.0977. The van der Waals surface area contributed by atoms with E-state index < -0.39 is 10.0 Å². The molecular formula is C20H24IN3O3S2. The maximum Gasteiger partial charge on any atom is 0.257 e. The van der Waals surface area contributed by atoms with Crippen LogP contribution in [0.2, 0.25) is 0 Å². The van der Waals surface area contributed by atoms with Crippen molar-refractivity contribution in [1.29, 1.82) is 0 Å². The summed E-state index contributed by atoms with van der Waals surface area (Å²) in [6, 6.07) is 13.5. The summed E-state index contributed by atoms with van der Waals surface area (Å²) in [7, 11) is -3.53. The number of carbonyl (C=O) groups is 1. The number of halogens is 1. The fourth-order valence-electron chi connectivity index (χ4n) is 2.68. The SMILES string of the molecule is CCCN(CCC)S(=O)(=O)c1ccc(NC(=S)NC(=O)c2cccc(I)c2)cc1. The molecule has 0 saturated carbocycles. The molecule has 2 aromatic carbocycles. The van der Waals surface area contributed by atoms with E-state index in [1.807, 2.05) is 19.9 Å². The van der Waals surface area contributed by atoms with Gasteiger partial charge in [0.05, 0.1) is 4.90 Å². The summed E-state index contributed by atoms with van der Waals surface area (Å²) in [4.78, 5) is 12.5. The number of rotatable bonds is 8. The van der Waals surface area contributed by atoms with Crippen LogP contribution >= 0.6 is 34.8 Å². The number of sulfonamides is 1. The quantitative estimate of drug-likeness (QED) is 0.384. The third kappa shape index (κ3) is 6.73. The number of nitrogens with one attached hydrogen (secondary N) is 2. The highest BCUT2D eigenvalue weighted by molar-refractivity contribution is 14.1. The summed E-state index contributed by atoms with van der Waals surface area (Å²) < 4.78 is 28.0. The predicted molar refractivity (Wildman–Crippen MR) is 129 cm³/mol. The molecular weight excluding hydrogens is 521 g/mol. The highest BCUT2D eigenvalue weighted by Crippen LogP contribution is 2.19. The minimum atomic E-state index is -3.53. The molecule has 2 N–H and O–H groups in total. The molecule has 0 aliphatic heterocycles. The molecule has 0 bridgehead atoms. The second-order valence-electron chi connectivity index (χ2n) is 6.35. The summed E-state index contributed by atoms with van der Waals surface area (Å²) >= 11 is 7.32. The van der Waals surface area contributed by atoms with Crippen molar-refractivity contribution in [3.63, 3.8) is 0 Å². The number of hydrogen-bond donors (Lipinski definition) is 2. The summed E-state index contributed by atoms with van der Waals surface area (Å²) in [5.74, 6) is -0.310. The maximum absolute atomic E-state index is 12.8. The molecule has 0 fully saturated rings. The molecule has 0 unspecified atom stereocenters. The molecule has 29 heavy (non-hydrogen) atoms. The Kier molecular flexibility index (Phi) is 9.00. The molecule has 0 spiro atoms. The number of benzene rings is 2. The molecule has 0 aliphatic carbocycles. The number of amides is 1. The fraction of sp³-hybridized carbons (Fsp3) is 0.300. The molecule has 2 aromatic rings. The van der Waals surface area contributed by atoms with E-state index in [0.717, 1.165) is 16.4 Å². The van der Waals surface area contributed by atoms with Gasteiger partial charge >= 0.3 is 0 Å². The Morgan fingerprint density at radius 3 is 2.24 bits per heavy atom. The second-order valence-corrected chi connectivity index (χ2v) is 9.94. The van der Waals surface area contributed by atoms with Gasteiger partial charge in [-0.1, -0.05) is 19.9 Å². The van der Waals surface area contributed by atoms with E-state index in [9.17, 15) is 13.2 Å². The van der Waals surface area contributed by atoms with E-state index >= 15 is 0 Å². The average Bonchev–Trinajstić information content (AvgIpc) is 2.68. The van der Waals surface area contributed by atoms with Crippen LogP contribution in [0.4, 0.5) is 5.69 Å². The van der Waals surface area contributed by atoms with Crippen LogP contribution in [0.25, 0.3) is 0 Å². The van der Waals surface area contributed by atoms with Gasteiger partial charge in [0.1, 0.15) is 0 Å². The van der Waals surface area contributed by atoms with Gasteiger partial charge in [0.2, 0.25) is 10.0 Å². The van der Waals surface area contributed by atoms with Crippen LogP contribution in [0.5, 0.6) is 0 Å². The molecule has 1 amide bonds. The van der Waals surface area contributed by atoms with E-state index in [1.54, 1.807) is 42.5 Å². The van der Waals surface area contributed by atoms with Crippen LogP contribution in [0, 0.1) is 3.57 Å². The first-order valence-corrected chi connectivity index (χ1v) is 12.2. The first-order chi connectivity index (χ1) is 13.8. The van der Waals surface area contributed by atoms with E-state index in [-0.39, 0.29) is 15.9 Å². The van der Waals surface area contributed by atoms with Gasteiger partial charge in [-0.05, 0) is 90.1 Å². The van der Waals surface area contributed by atoms with E-state index in [0.29, 0.717) is 24.3 Å². The Balaban J connectivity index is 2.04. The molecule has 0 heterocycles. The number of anilines is 1. The Morgan fingerprint density at radius 2 is 1.69 bits per heavy atom. The summed E-state index contributed by atoms with van der Waals surface area (Å²) in [6.45, 7) is 4.89. The lowest BCUT2D eigenvalue weighted by atomic mass is 10.2. The molecule has 2 rings (SSSR count). The number of carbonyl (C=O) groups excluding carboxylic acids is 1. The maximum atomic E-state index is 12.8. The first kappa shape index (κ1) is 23.7. The molecule has 0 radical (unpaired) electrons. The highest BCUT2D eigenvalue weighted by Gasteiger charge is 2.22. The van der Waals surface area contributed by atoms with Crippen molar-refractivity contribution in [2.75, 3.05) is 18.4 Å².